The van der Waals surface area contributed by atoms with Gasteiger partial charge in [-0.25, -0.2) is 4.79 Å². The summed E-state index contributed by atoms with van der Waals surface area (Å²) >= 11 is 0. The molecule has 1 aliphatic heterocycles. The fraction of sp³-hybridized carbons (Fsp3) is 0.625. The molecule has 1 saturated heterocycles. The van der Waals surface area contributed by atoms with Gasteiger partial charge in [-0.15, -0.1) is 0 Å². The van der Waals surface area contributed by atoms with Crippen molar-refractivity contribution in [2.24, 2.45) is 11.8 Å². The van der Waals surface area contributed by atoms with Gasteiger partial charge in [0.05, 0.1) is 6.10 Å². The molecule has 5 heteroatoms. The third kappa shape index (κ3) is 2.62. The van der Waals surface area contributed by atoms with Crippen molar-refractivity contribution in [2.45, 2.75) is 52.9 Å². The van der Waals surface area contributed by atoms with Crippen LogP contribution < -0.4 is 5.69 Å². The van der Waals surface area contributed by atoms with Crippen LogP contribution in [0.1, 0.15) is 45.5 Å². The van der Waals surface area contributed by atoms with E-state index in [1.54, 1.807) is 4.57 Å². The van der Waals surface area contributed by atoms with Crippen LogP contribution in [0, 0.1) is 18.8 Å². The Kier molecular flexibility index (Phi) is 3.61. The average Bonchev–Trinajstić information content (AvgIpc) is 3.02. The van der Waals surface area contributed by atoms with Gasteiger partial charge >= 0.3 is 5.69 Å². The van der Waals surface area contributed by atoms with Crippen LogP contribution in [0.4, 0.5) is 0 Å². The molecule has 0 bridgehead atoms. The van der Waals surface area contributed by atoms with Crippen molar-refractivity contribution >= 4 is 11.0 Å². The van der Waals surface area contributed by atoms with Gasteiger partial charge in [0.2, 0.25) is 0 Å². The molecule has 114 valence electrons. The third-order valence-electron chi connectivity index (χ3n) is 4.65. The highest BCUT2D eigenvalue weighted by Crippen LogP contribution is 2.34. The van der Waals surface area contributed by atoms with Crippen molar-refractivity contribution in [1.82, 2.24) is 14.5 Å². The molecule has 3 atom stereocenters. The van der Waals surface area contributed by atoms with Gasteiger partial charge in [0.15, 0.2) is 0 Å². The molecule has 2 aromatic heterocycles. The largest absolute Gasteiger partial charge is 0.354 e. The number of aryl methyl sites for hydroxylation is 1. The van der Waals surface area contributed by atoms with E-state index < -0.39 is 0 Å². The van der Waals surface area contributed by atoms with Crippen molar-refractivity contribution in [2.75, 3.05) is 0 Å². The van der Waals surface area contributed by atoms with E-state index in [2.05, 4.69) is 30.7 Å². The van der Waals surface area contributed by atoms with Crippen molar-refractivity contribution in [1.29, 1.82) is 0 Å². The van der Waals surface area contributed by atoms with Crippen LogP contribution in [0.25, 0.3) is 11.0 Å². The van der Waals surface area contributed by atoms with E-state index in [-0.39, 0.29) is 18.0 Å². The summed E-state index contributed by atoms with van der Waals surface area (Å²) in [7, 11) is 0. The number of ether oxygens (including phenoxy) is 1. The lowest BCUT2D eigenvalue weighted by Gasteiger charge is -2.23. The molecule has 2 aromatic rings. The molecule has 0 saturated carbocycles. The van der Waals surface area contributed by atoms with Crippen LogP contribution in [-0.2, 0) is 4.74 Å². The first kappa shape index (κ1) is 14.3. The number of hydrogen-bond donors (Lipinski definition) is 1. The van der Waals surface area contributed by atoms with E-state index >= 15 is 0 Å². The maximum Gasteiger partial charge on any atom is 0.351 e. The fourth-order valence-electron chi connectivity index (χ4n) is 3.02. The molecular weight excluding hydrogens is 266 g/mol. The molecule has 2 unspecified atom stereocenters. The van der Waals surface area contributed by atoms with Gasteiger partial charge in [0, 0.05) is 17.3 Å². The quantitative estimate of drug-likeness (QED) is 0.945. The molecule has 0 radical (unpaired) electrons. The van der Waals surface area contributed by atoms with Crippen LogP contribution in [0.5, 0.6) is 0 Å². The number of H-pyrrole nitrogens is 1. The summed E-state index contributed by atoms with van der Waals surface area (Å²) in [6.07, 6.45) is 3.78. The maximum absolute atomic E-state index is 12.2. The van der Waals surface area contributed by atoms with Gasteiger partial charge in [-0.1, -0.05) is 20.8 Å². The molecule has 3 rings (SSSR count). The number of nitrogens with zero attached hydrogens (tertiary/aromatic N) is 2. The molecule has 0 aliphatic carbocycles. The maximum atomic E-state index is 12.2. The highest BCUT2D eigenvalue weighted by molar-refractivity contribution is 5.75. The fourth-order valence-corrected chi connectivity index (χ4v) is 3.02. The van der Waals surface area contributed by atoms with Crippen LogP contribution >= 0.6 is 0 Å². The predicted molar refractivity (Wildman–Crippen MR) is 82.2 cm³/mol. The summed E-state index contributed by atoms with van der Waals surface area (Å²) in [5, 5.41) is 0.955. The van der Waals surface area contributed by atoms with Crippen LogP contribution in [0.2, 0.25) is 0 Å². The van der Waals surface area contributed by atoms with Gasteiger partial charge < -0.3 is 9.72 Å². The van der Waals surface area contributed by atoms with Crippen molar-refractivity contribution in [3.63, 3.8) is 0 Å². The van der Waals surface area contributed by atoms with E-state index in [9.17, 15) is 4.79 Å². The van der Waals surface area contributed by atoms with Crippen molar-refractivity contribution < 1.29 is 4.74 Å². The predicted octanol–water partition coefficient (Wildman–Crippen LogP) is 3.00. The van der Waals surface area contributed by atoms with Gasteiger partial charge in [-0.05, 0) is 37.7 Å². The van der Waals surface area contributed by atoms with Crippen molar-refractivity contribution in [3.8, 4) is 0 Å². The van der Waals surface area contributed by atoms with Gasteiger partial charge in [0.1, 0.15) is 11.9 Å². The molecule has 0 spiro atoms. The normalized spacial score (nSPS) is 24.0. The van der Waals surface area contributed by atoms with E-state index in [0.29, 0.717) is 17.5 Å². The summed E-state index contributed by atoms with van der Waals surface area (Å²) < 4.78 is 7.76. The number of rotatable bonds is 3. The third-order valence-corrected chi connectivity index (χ3v) is 4.65. The van der Waals surface area contributed by atoms with Crippen LogP contribution in [0.3, 0.4) is 0 Å². The summed E-state index contributed by atoms with van der Waals surface area (Å²) in [5.74, 6) is 1.08. The number of nitrogens with one attached hydrogen (secondary N) is 1. The number of aromatic amines is 1. The molecule has 0 amide bonds. The Hall–Kier alpha value is -1.62. The second-order valence-corrected chi connectivity index (χ2v) is 6.50. The van der Waals surface area contributed by atoms with Gasteiger partial charge in [-0.3, -0.25) is 4.57 Å². The summed E-state index contributed by atoms with van der Waals surface area (Å²) in [4.78, 5) is 19.4. The zero-order valence-electron chi connectivity index (χ0n) is 13.1. The Morgan fingerprint density at radius 3 is 2.86 bits per heavy atom. The van der Waals surface area contributed by atoms with E-state index in [4.69, 9.17) is 4.74 Å². The topological polar surface area (TPSA) is 59.9 Å². The van der Waals surface area contributed by atoms with Gasteiger partial charge in [-0.2, -0.15) is 4.98 Å². The van der Waals surface area contributed by atoms with Gasteiger partial charge in [0.25, 0.3) is 0 Å². The molecular formula is C16H23N3O2. The standard InChI is InChI=1S/C16H23N3O2/c1-9(2)11(4)13-5-6-14(21-13)19-8-12-7-10(3)17-15(12)18-16(19)20/h7-9,11,13-14H,5-6H2,1-4H3,(H,17,18,20)/t11?,13?,14-/m1/s1. The van der Waals surface area contributed by atoms with Crippen molar-refractivity contribution in [3.05, 3.63) is 28.4 Å². The Morgan fingerprint density at radius 1 is 1.38 bits per heavy atom. The molecule has 5 nitrogen and oxygen atoms in total. The Labute approximate surface area is 124 Å². The molecule has 1 aliphatic rings. The highest BCUT2D eigenvalue weighted by atomic mass is 16.5. The van der Waals surface area contributed by atoms with E-state index in [1.807, 2.05) is 19.2 Å². The summed E-state index contributed by atoms with van der Waals surface area (Å²) in [5.41, 5.74) is 1.42. The smallest absolute Gasteiger partial charge is 0.351 e. The second-order valence-electron chi connectivity index (χ2n) is 6.50. The Balaban J connectivity index is 1.88. The first-order valence-electron chi connectivity index (χ1n) is 7.69. The van der Waals surface area contributed by atoms with E-state index in [0.717, 1.165) is 23.9 Å². The lowest BCUT2D eigenvalue weighted by atomic mass is 9.91. The monoisotopic (exact) mass is 289 g/mol. The molecule has 0 aromatic carbocycles. The number of hydrogen-bond acceptors (Lipinski definition) is 3. The van der Waals surface area contributed by atoms with Crippen LogP contribution in [0.15, 0.2) is 17.1 Å². The Morgan fingerprint density at radius 2 is 2.14 bits per heavy atom. The lowest BCUT2D eigenvalue weighted by molar-refractivity contribution is -0.0327. The lowest BCUT2D eigenvalue weighted by Crippen LogP contribution is -2.28. The minimum Gasteiger partial charge on any atom is -0.354 e. The minimum atomic E-state index is -0.243. The SMILES string of the molecule is Cc1cc2cn([C@H]3CCC(C(C)C(C)C)O3)c(=O)nc2[nH]1. The minimum absolute atomic E-state index is 0.184. The molecule has 1 N–H and O–H groups in total. The summed E-state index contributed by atoms with van der Waals surface area (Å²) in [6.45, 7) is 8.60. The molecule has 1 fully saturated rings. The molecule has 3 heterocycles. The number of fused-ring (bicyclic) bond motifs is 1. The van der Waals surface area contributed by atoms with E-state index in [1.165, 1.54) is 0 Å². The average molecular weight is 289 g/mol. The Bertz CT molecular complexity index is 701. The summed E-state index contributed by atoms with van der Waals surface area (Å²) in [6, 6.07) is 2.00. The number of aromatic nitrogens is 3. The molecule has 21 heavy (non-hydrogen) atoms. The second kappa shape index (κ2) is 5.30. The first-order chi connectivity index (χ1) is 9.95. The first-order valence-corrected chi connectivity index (χ1v) is 7.69. The highest BCUT2D eigenvalue weighted by Gasteiger charge is 2.32. The zero-order chi connectivity index (χ0) is 15.1. The van der Waals surface area contributed by atoms with Crippen LogP contribution in [-0.4, -0.2) is 20.6 Å². The zero-order valence-corrected chi connectivity index (χ0v) is 13.1.